The van der Waals surface area contributed by atoms with Gasteiger partial charge in [0.1, 0.15) is 5.76 Å². The maximum absolute atomic E-state index is 8.64. The van der Waals surface area contributed by atoms with E-state index in [1.807, 2.05) is 25.3 Å². The fraction of sp³-hybridized carbons (Fsp3) is 0.364. The van der Waals surface area contributed by atoms with Crippen molar-refractivity contribution in [3.8, 4) is 10.8 Å². The van der Waals surface area contributed by atoms with Gasteiger partial charge in [0.15, 0.2) is 10.8 Å². The third-order valence-electron chi connectivity index (χ3n) is 2.09. The smallest absolute Gasteiger partial charge is 0.162 e. The van der Waals surface area contributed by atoms with Gasteiger partial charge in [-0.1, -0.05) is 0 Å². The van der Waals surface area contributed by atoms with Gasteiger partial charge in [0, 0.05) is 24.2 Å². The molecule has 16 heavy (non-hydrogen) atoms. The Hall–Kier alpha value is -1.17. The van der Waals surface area contributed by atoms with Crippen molar-refractivity contribution in [2.24, 2.45) is 0 Å². The summed E-state index contributed by atoms with van der Waals surface area (Å²) in [5.41, 5.74) is 0. The number of thiazole rings is 1. The predicted octanol–water partition coefficient (Wildman–Crippen LogP) is 1.79. The minimum Gasteiger partial charge on any atom is -0.459 e. The fourth-order valence-corrected chi connectivity index (χ4v) is 2.19. The Labute approximate surface area is 97.9 Å². The van der Waals surface area contributed by atoms with Crippen molar-refractivity contribution >= 4 is 11.3 Å². The first-order chi connectivity index (χ1) is 7.79. The predicted molar refractivity (Wildman–Crippen MR) is 63.3 cm³/mol. The van der Waals surface area contributed by atoms with Crippen molar-refractivity contribution in [3.63, 3.8) is 0 Å². The Bertz CT molecular complexity index is 450. The first kappa shape index (κ1) is 11.3. The highest BCUT2D eigenvalue weighted by atomic mass is 32.1. The van der Waals surface area contributed by atoms with E-state index >= 15 is 0 Å². The van der Waals surface area contributed by atoms with E-state index < -0.39 is 0 Å². The van der Waals surface area contributed by atoms with E-state index in [9.17, 15) is 0 Å². The number of hydrogen-bond acceptors (Lipinski definition) is 5. The molecule has 0 aliphatic carbocycles. The van der Waals surface area contributed by atoms with Gasteiger partial charge >= 0.3 is 0 Å². The largest absolute Gasteiger partial charge is 0.459 e. The summed E-state index contributed by atoms with van der Waals surface area (Å²) in [6, 6.07) is 3.86. The molecule has 0 atom stereocenters. The molecule has 2 aromatic rings. The van der Waals surface area contributed by atoms with E-state index in [1.165, 1.54) is 0 Å². The van der Waals surface area contributed by atoms with Crippen molar-refractivity contribution in [1.82, 2.24) is 10.3 Å². The Morgan fingerprint density at radius 1 is 1.50 bits per heavy atom. The summed E-state index contributed by atoms with van der Waals surface area (Å²) in [4.78, 5) is 5.44. The molecule has 0 aliphatic heterocycles. The molecule has 0 aromatic carbocycles. The first-order valence-corrected chi connectivity index (χ1v) is 5.94. The van der Waals surface area contributed by atoms with Gasteiger partial charge in [-0.3, -0.25) is 0 Å². The lowest BCUT2D eigenvalue weighted by Crippen LogP contribution is -2.16. The summed E-state index contributed by atoms with van der Waals surface area (Å²) >= 11 is 1.60. The standard InChI is InChI=1S/C11H14N2O2S/c1-8-2-3-10(15-8)11-13-7-9(16-11)6-12-4-5-14/h2-3,7,12,14H,4-6H2,1H3. The first-order valence-electron chi connectivity index (χ1n) is 5.12. The van der Waals surface area contributed by atoms with Gasteiger partial charge < -0.3 is 14.8 Å². The summed E-state index contributed by atoms with van der Waals surface area (Å²) < 4.78 is 5.50. The zero-order chi connectivity index (χ0) is 11.4. The van der Waals surface area contributed by atoms with Crippen LogP contribution in [0.5, 0.6) is 0 Å². The normalized spacial score (nSPS) is 10.9. The second kappa shape index (κ2) is 5.25. The molecule has 0 aliphatic rings. The third kappa shape index (κ3) is 2.69. The molecule has 0 fully saturated rings. The summed E-state index contributed by atoms with van der Waals surface area (Å²) in [7, 11) is 0. The van der Waals surface area contributed by atoms with Gasteiger partial charge in [-0.25, -0.2) is 4.98 Å². The average molecular weight is 238 g/mol. The highest BCUT2D eigenvalue weighted by Gasteiger charge is 2.07. The molecule has 2 N–H and O–H groups in total. The Morgan fingerprint density at radius 2 is 2.38 bits per heavy atom. The van der Waals surface area contributed by atoms with Crippen molar-refractivity contribution in [1.29, 1.82) is 0 Å². The SMILES string of the molecule is Cc1ccc(-c2ncc(CNCCO)s2)o1. The monoisotopic (exact) mass is 238 g/mol. The van der Waals surface area contributed by atoms with Crippen LogP contribution in [-0.2, 0) is 6.54 Å². The molecule has 0 saturated carbocycles. The molecule has 0 spiro atoms. The van der Waals surface area contributed by atoms with Crippen molar-refractivity contribution in [2.75, 3.05) is 13.2 Å². The molecule has 2 heterocycles. The highest BCUT2D eigenvalue weighted by Crippen LogP contribution is 2.26. The molecule has 0 unspecified atom stereocenters. The summed E-state index contributed by atoms with van der Waals surface area (Å²) in [5, 5.41) is 12.6. The van der Waals surface area contributed by atoms with E-state index in [0.29, 0.717) is 6.54 Å². The van der Waals surface area contributed by atoms with Gasteiger partial charge in [-0.15, -0.1) is 11.3 Å². The number of aliphatic hydroxyl groups is 1. The third-order valence-corrected chi connectivity index (χ3v) is 3.10. The topological polar surface area (TPSA) is 58.3 Å². The van der Waals surface area contributed by atoms with E-state index in [2.05, 4.69) is 10.3 Å². The van der Waals surface area contributed by atoms with Crippen LogP contribution in [0.1, 0.15) is 10.6 Å². The van der Waals surface area contributed by atoms with Crippen LogP contribution in [0.15, 0.2) is 22.7 Å². The summed E-state index contributed by atoms with van der Waals surface area (Å²) in [6.07, 6.45) is 1.84. The number of aryl methyl sites for hydroxylation is 1. The van der Waals surface area contributed by atoms with Crippen LogP contribution in [0.25, 0.3) is 10.8 Å². The van der Waals surface area contributed by atoms with E-state index in [1.54, 1.807) is 11.3 Å². The van der Waals surface area contributed by atoms with E-state index in [-0.39, 0.29) is 6.61 Å². The molecule has 86 valence electrons. The molecular formula is C11H14N2O2S. The molecule has 5 heteroatoms. The van der Waals surface area contributed by atoms with Crippen molar-refractivity contribution in [3.05, 3.63) is 29.0 Å². The maximum Gasteiger partial charge on any atom is 0.162 e. The Kier molecular flexibility index (Phi) is 3.71. The maximum atomic E-state index is 8.64. The van der Waals surface area contributed by atoms with E-state index in [4.69, 9.17) is 9.52 Å². The number of aliphatic hydroxyl groups excluding tert-OH is 1. The lowest BCUT2D eigenvalue weighted by atomic mass is 10.4. The Morgan fingerprint density at radius 3 is 3.06 bits per heavy atom. The van der Waals surface area contributed by atoms with Crippen LogP contribution in [-0.4, -0.2) is 23.2 Å². The zero-order valence-electron chi connectivity index (χ0n) is 9.06. The molecular weight excluding hydrogens is 224 g/mol. The van der Waals surface area contributed by atoms with Gasteiger partial charge in [-0.05, 0) is 19.1 Å². The molecule has 0 saturated heterocycles. The van der Waals surface area contributed by atoms with Crippen molar-refractivity contribution in [2.45, 2.75) is 13.5 Å². The minimum absolute atomic E-state index is 0.156. The number of hydrogen-bond donors (Lipinski definition) is 2. The fourth-order valence-electron chi connectivity index (χ4n) is 1.34. The summed E-state index contributed by atoms with van der Waals surface area (Å²) in [6.45, 7) is 3.41. The van der Waals surface area contributed by atoms with Crippen molar-refractivity contribution < 1.29 is 9.52 Å². The molecule has 0 amide bonds. The number of nitrogens with one attached hydrogen (secondary N) is 1. The molecule has 2 rings (SSSR count). The number of furan rings is 1. The molecule has 0 bridgehead atoms. The van der Waals surface area contributed by atoms with Crippen LogP contribution in [0.4, 0.5) is 0 Å². The lowest BCUT2D eigenvalue weighted by molar-refractivity contribution is 0.292. The second-order valence-electron chi connectivity index (χ2n) is 3.44. The Balaban J connectivity index is 2.02. The zero-order valence-corrected chi connectivity index (χ0v) is 9.88. The van der Waals surface area contributed by atoms with Crippen LogP contribution >= 0.6 is 11.3 Å². The van der Waals surface area contributed by atoms with Gasteiger partial charge in [0.2, 0.25) is 0 Å². The summed E-state index contributed by atoms with van der Waals surface area (Å²) in [5.74, 6) is 1.71. The van der Waals surface area contributed by atoms with Crippen LogP contribution in [0.3, 0.4) is 0 Å². The molecule has 2 aromatic heterocycles. The molecule has 4 nitrogen and oxygen atoms in total. The van der Waals surface area contributed by atoms with Crippen LogP contribution in [0, 0.1) is 6.92 Å². The van der Waals surface area contributed by atoms with Gasteiger partial charge in [-0.2, -0.15) is 0 Å². The minimum atomic E-state index is 0.156. The van der Waals surface area contributed by atoms with Gasteiger partial charge in [0.25, 0.3) is 0 Å². The van der Waals surface area contributed by atoms with Crippen LogP contribution < -0.4 is 5.32 Å². The second-order valence-corrected chi connectivity index (χ2v) is 4.56. The number of rotatable bonds is 5. The lowest BCUT2D eigenvalue weighted by Gasteiger charge is -1.97. The number of aromatic nitrogens is 1. The quantitative estimate of drug-likeness (QED) is 0.780. The van der Waals surface area contributed by atoms with Crippen LogP contribution in [0.2, 0.25) is 0 Å². The average Bonchev–Trinajstić information content (AvgIpc) is 2.87. The van der Waals surface area contributed by atoms with Gasteiger partial charge in [0.05, 0.1) is 6.61 Å². The van der Waals surface area contributed by atoms with E-state index in [0.717, 1.165) is 28.0 Å². The number of nitrogens with zero attached hydrogens (tertiary/aromatic N) is 1. The molecule has 0 radical (unpaired) electrons. The highest BCUT2D eigenvalue weighted by molar-refractivity contribution is 7.14.